The highest BCUT2D eigenvalue weighted by Crippen LogP contribution is 2.29. The molecule has 5 rings (SSSR count). The maximum absolute atomic E-state index is 13.5. The van der Waals surface area contributed by atoms with Crippen molar-refractivity contribution >= 4 is 28.4 Å². The van der Waals surface area contributed by atoms with Crippen LogP contribution in [0.4, 0.5) is 0 Å². The number of hydrogen-bond acceptors (Lipinski definition) is 3. The summed E-state index contributed by atoms with van der Waals surface area (Å²) in [6, 6.07) is 22.9. The maximum atomic E-state index is 13.5. The summed E-state index contributed by atoms with van der Waals surface area (Å²) >= 11 is 6.21. The van der Waals surface area contributed by atoms with E-state index in [9.17, 15) is 9.59 Å². The Balaban J connectivity index is 1.45. The Kier molecular flexibility index (Phi) is 6.20. The second-order valence-corrected chi connectivity index (χ2v) is 9.38. The molecule has 1 aliphatic heterocycles. The third-order valence-corrected chi connectivity index (χ3v) is 6.81. The van der Waals surface area contributed by atoms with Crippen LogP contribution in [0.5, 0.6) is 0 Å². The van der Waals surface area contributed by atoms with E-state index in [2.05, 4.69) is 0 Å². The second-order valence-electron chi connectivity index (χ2n) is 8.94. The molecule has 0 unspecified atom stereocenters. The largest absolute Gasteiger partial charge is 0.339 e. The van der Waals surface area contributed by atoms with Gasteiger partial charge >= 0.3 is 0 Å². The van der Waals surface area contributed by atoms with Crippen molar-refractivity contribution in [3.05, 3.63) is 111 Å². The number of piperidine rings is 1. The number of carbonyl (C=O) groups is 1. The molecule has 34 heavy (non-hydrogen) atoms. The number of carbonyl (C=O) groups excluding carboxylic acids is 1. The first-order valence-electron chi connectivity index (χ1n) is 11.6. The molecule has 0 bridgehead atoms. The molecule has 1 saturated heterocycles. The molecule has 1 fully saturated rings. The van der Waals surface area contributed by atoms with Crippen LogP contribution in [-0.2, 0) is 6.54 Å². The minimum absolute atomic E-state index is 0.0541. The fourth-order valence-corrected chi connectivity index (χ4v) is 4.83. The normalized spacial score (nSPS) is 14.5. The summed E-state index contributed by atoms with van der Waals surface area (Å²) in [5.41, 5.74) is 3.46. The first-order valence-corrected chi connectivity index (χ1v) is 12.0. The zero-order valence-electron chi connectivity index (χ0n) is 19.1. The topological polar surface area (TPSA) is 55.2 Å². The molecule has 6 heteroatoms. The van der Waals surface area contributed by atoms with E-state index in [1.165, 1.54) is 0 Å². The number of hydrogen-bond donors (Lipinski definition) is 0. The Morgan fingerprint density at radius 1 is 1.00 bits per heavy atom. The molecule has 0 spiro atoms. The van der Waals surface area contributed by atoms with Crippen molar-refractivity contribution in [1.29, 1.82) is 0 Å². The number of likely N-dealkylation sites (tertiary alicyclic amines) is 1. The van der Waals surface area contributed by atoms with Crippen LogP contribution in [0.1, 0.15) is 46.1 Å². The van der Waals surface area contributed by atoms with Gasteiger partial charge in [0.25, 0.3) is 11.5 Å². The molecule has 1 aromatic heterocycles. The van der Waals surface area contributed by atoms with Gasteiger partial charge in [-0.25, -0.2) is 4.98 Å². The first kappa shape index (κ1) is 22.4. The summed E-state index contributed by atoms with van der Waals surface area (Å²) in [7, 11) is 0. The standard InChI is InChI=1S/C28H26ClN3O2/c1-19-7-9-22(10-8-19)27(33)31-15-13-21(14-16-31)26-30-25-17-23(29)11-12-24(25)28(34)32(26)18-20-5-3-2-4-6-20/h2-12,17,21H,13-16,18H2,1H3. The van der Waals surface area contributed by atoms with Gasteiger partial charge in [-0.3, -0.25) is 14.2 Å². The summed E-state index contributed by atoms with van der Waals surface area (Å²) in [4.78, 5) is 33.3. The van der Waals surface area contributed by atoms with E-state index in [1.54, 1.807) is 22.8 Å². The Labute approximate surface area is 203 Å². The van der Waals surface area contributed by atoms with E-state index >= 15 is 0 Å². The molecule has 0 atom stereocenters. The molecule has 5 nitrogen and oxygen atoms in total. The lowest BCUT2D eigenvalue weighted by molar-refractivity contribution is 0.0710. The van der Waals surface area contributed by atoms with Crippen molar-refractivity contribution in [3.8, 4) is 0 Å². The van der Waals surface area contributed by atoms with Gasteiger partial charge in [0.1, 0.15) is 5.82 Å². The molecule has 1 amide bonds. The van der Waals surface area contributed by atoms with E-state index in [0.29, 0.717) is 41.1 Å². The van der Waals surface area contributed by atoms with Crippen LogP contribution in [0.25, 0.3) is 10.9 Å². The zero-order valence-corrected chi connectivity index (χ0v) is 19.8. The zero-order chi connectivity index (χ0) is 23.7. The van der Waals surface area contributed by atoms with Crippen molar-refractivity contribution in [2.75, 3.05) is 13.1 Å². The van der Waals surface area contributed by atoms with E-state index in [4.69, 9.17) is 16.6 Å². The lowest BCUT2D eigenvalue weighted by Gasteiger charge is -2.33. The van der Waals surface area contributed by atoms with Crippen LogP contribution < -0.4 is 5.56 Å². The van der Waals surface area contributed by atoms with E-state index in [0.717, 1.165) is 29.8 Å². The van der Waals surface area contributed by atoms with Crippen molar-refractivity contribution < 1.29 is 4.79 Å². The molecule has 0 saturated carbocycles. The van der Waals surface area contributed by atoms with Crippen molar-refractivity contribution in [2.45, 2.75) is 32.2 Å². The van der Waals surface area contributed by atoms with Crippen LogP contribution >= 0.6 is 11.6 Å². The quantitative estimate of drug-likeness (QED) is 0.399. The van der Waals surface area contributed by atoms with E-state index < -0.39 is 0 Å². The summed E-state index contributed by atoms with van der Waals surface area (Å²) in [6.45, 7) is 3.74. The molecule has 1 aliphatic rings. The number of fused-ring (bicyclic) bond motifs is 1. The Hall–Kier alpha value is -3.44. The van der Waals surface area contributed by atoms with Crippen molar-refractivity contribution in [2.24, 2.45) is 0 Å². The first-order chi connectivity index (χ1) is 16.5. The van der Waals surface area contributed by atoms with Gasteiger partial charge in [-0.2, -0.15) is 0 Å². The van der Waals surface area contributed by atoms with Gasteiger partial charge in [0.05, 0.1) is 17.4 Å². The number of aromatic nitrogens is 2. The average molecular weight is 472 g/mol. The summed E-state index contributed by atoms with van der Waals surface area (Å²) in [5.74, 6) is 0.909. The fourth-order valence-electron chi connectivity index (χ4n) is 4.66. The van der Waals surface area contributed by atoms with Crippen molar-refractivity contribution in [3.63, 3.8) is 0 Å². The van der Waals surface area contributed by atoms with E-state index in [-0.39, 0.29) is 17.4 Å². The van der Waals surface area contributed by atoms with Crippen molar-refractivity contribution in [1.82, 2.24) is 14.5 Å². The Morgan fingerprint density at radius 3 is 2.41 bits per heavy atom. The third kappa shape index (κ3) is 4.48. The summed E-state index contributed by atoms with van der Waals surface area (Å²) in [6.07, 6.45) is 1.51. The van der Waals surface area contributed by atoms with Gasteiger partial charge in [0, 0.05) is 29.6 Å². The second kappa shape index (κ2) is 9.43. The van der Waals surface area contributed by atoms with Crippen LogP contribution in [0.2, 0.25) is 5.02 Å². The SMILES string of the molecule is Cc1ccc(C(=O)N2CCC(c3nc4cc(Cl)ccc4c(=O)n3Cc3ccccc3)CC2)cc1. The number of nitrogens with zero attached hydrogens (tertiary/aromatic N) is 3. The van der Waals surface area contributed by atoms with Gasteiger partial charge < -0.3 is 4.90 Å². The van der Waals surface area contributed by atoms with Crippen LogP contribution in [0.3, 0.4) is 0 Å². The number of rotatable bonds is 4. The highest BCUT2D eigenvalue weighted by Gasteiger charge is 2.28. The predicted octanol–water partition coefficient (Wildman–Crippen LogP) is 5.43. The molecule has 3 aromatic carbocycles. The number of halogens is 1. The maximum Gasteiger partial charge on any atom is 0.261 e. The minimum atomic E-state index is -0.0568. The van der Waals surface area contributed by atoms with Crippen LogP contribution in [-0.4, -0.2) is 33.4 Å². The highest BCUT2D eigenvalue weighted by molar-refractivity contribution is 6.31. The molecule has 2 heterocycles. The number of benzene rings is 3. The molecule has 4 aromatic rings. The smallest absolute Gasteiger partial charge is 0.261 e. The lowest BCUT2D eigenvalue weighted by Crippen LogP contribution is -2.39. The van der Waals surface area contributed by atoms with E-state index in [1.807, 2.05) is 66.4 Å². The summed E-state index contributed by atoms with van der Waals surface area (Å²) in [5, 5.41) is 1.13. The summed E-state index contributed by atoms with van der Waals surface area (Å²) < 4.78 is 1.80. The third-order valence-electron chi connectivity index (χ3n) is 6.58. The van der Waals surface area contributed by atoms with Gasteiger partial charge in [0.15, 0.2) is 0 Å². The molecular weight excluding hydrogens is 446 g/mol. The number of aryl methyl sites for hydroxylation is 1. The molecule has 0 N–H and O–H groups in total. The molecule has 0 aliphatic carbocycles. The Morgan fingerprint density at radius 2 is 1.71 bits per heavy atom. The monoisotopic (exact) mass is 471 g/mol. The van der Waals surface area contributed by atoms with Crippen LogP contribution in [0.15, 0.2) is 77.6 Å². The number of amides is 1. The average Bonchev–Trinajstić information content (AvgIpc) is 2.86. The predicted molar refractivity (Wildman–Crippen MR) is 136 cm³/mol. The molecule has 0 radical (unpaired) electrons. The van der Waals surface area contributed by atoms with Gasteiger partial charge in [-0.05, 0) is 55.7 Å². The van der Waals surface area contributed by atoms with Gasteiger partial charge in [-0.15, -0.1) is 0 Å². The highest BCUT2D eigenvalue weighted by atomic mass is 35.5. The van der Waals surface area contributed by atoms with Gasteiger partial charge in [-0.1, -0.05) is 59.6 Å². The molecule has 172 valence electrons. The Bertz CT molecular complexity index is 1390. The van der Waals surface area contributed by atoms with Crippen LogP contribution in [0, 0.1) is 6.92 Å². The molecular formula is C28H26ClN3O2. The fraction of sp³-hybridized carbons (Fsp3) is 0.250. The minimum Gasteiger partial charge on any atom is -0.339 e. The van der Waals surface area contributed by atoms with Gasteiger partial charge in [0.2, 0.25) is 0 Å². The lowest BCUT2D eigenvalue weighted by atomic mass is 9.94.